The number of halogens is 1. The molecule has 2 aromatic carbocycles. The van der Waals surface area contributed by atoms with Gasteiger partial charge in [-0.15, -0.1) is 0 Å². The fraction of sp³-hybridized carbons (Fsp3) is 0.333. The summed E-state index contributed by atoms with van der Waals surface area (Å²) in [5.74, 6) is -0.149. The van der Waals surface area contributed by atoms with E-state index in [-0.39, 0.29) is 5.82 Å². The maximum absolute atomic E-state index is 14.1. The van der Waals surface area contributed by atoms with E-state index in [9.17, 15) is 4.39 Å². The van der Waals surface area contributed by atoms with E-state index in [1.54, 1.807) is 6.07 Å². The highest BCUT2D eigenvalue weighted by Gasteiger charge is 2.12. The fourth-order valence-corrected chi connectivity index (χ4v) is 2.50. The van der Waals surface area contributed by atoms with Gasteiger partial charge in [0.15, 0.2) is 0 Å². The summed E-state index contributed by atoms with van der Waals surface area (Å²) >= 11 is 0. The van der Waals surface area contributed by atoms with Crippen LogP contribution in [0.15, 0.2) is 42.5 Å². The Bertz CT molecular complexity index is 596. The summed E-state index contributed by atoms with van der Waals surface area (Å²) in [6.07, 6.45) is 0. The molecule has 0 atom stereocenters. The lowest BCUT2D eigenvalue weighted by molar-refractivity contribution is 0.592. The van der Waals surface area contributed by atoms with Crippen molar-refractivity contribution in [3.8, 4) is 0 Å². The second kappa shape index (κ2) is 7.23. The van der Waals surface area contributed by atoms with Crippen LogP contribution in [0.3, 0.4) is 0 Å². The summed E-state index contributed by atoms with van der Waals surface area (Å²) in [5, 5.41) is 3.21. The third-order valence-electron chi connectivity index (χ3n) is 3.56. The monoisotopic (exact) mass is 286 g/mol. The molecule has 112 valence electrons. The lowest BCUT2D eigenvalue weighted by Crippen LogP contribution is -2.21. The molecule has 2 rings (SSSR count). The Morgan fingerprint density at radius 1 is 1.14 bits per heavy atom. The van der Waals surface area contributed by atoms with Gasteiger partial charge < -0.3 is 10.2 Å². The van der Waals surface area contributed by atoms with Crippen LogP contribution in [-0.4, -0.2) is 13.6 Å². The van der Waals surface area contributed by atoms with Gasteiger partial charge in [0.2, 0.25) is 0 Å². The van der Waals surface area contributed by atoms with Crippen molar-refractivity contribution in [3.05, 3.63) is 65.0 Å². The van der Waals surface area contributed by atoms with Gasteiger partial charge in [0.05, 0.1) is 0 Å². The first-order valence-corrected chi connectivity index (χ1v) is 7.36. The van der Waals surface area contributed by atoms with Gasteiger partial charge >= 0.3 is 0 Å². The zero-order valence-corrected chi connectivity index (χ0v) is 13.0. The second-order valence-electron chi connectivity index (χ2n) is 5.36. The summed E-state index contributed by atoms with van der Waals surface area (Å²) in [7, 11) is 2.01. The van der Waals surface area contributed by atoms with E-state index in [0.29, 0.717) is 6.54 Å². The Morgan fingerprint density at radius 3 is 2.62 bits per heavy atom. The number of benzene rings is 2. The third kappa shape index (κ3) is 4.05. The molecule has 0 amide bonds. The first-order chi connectivity index (χ1) is 10.1. The zero-order valence-electron chi connectivity index (χ0n) is 13.0. The van der Waals surface area contributed by atoms with Crippen LogP contribution in [0.4, 0.5) is 10.1 Å². The van der Waals surface area contributed by atoms with E-state index < -0.39 is 0 Å². The molecule has 2 aromatic rings. The van der Waals surface area contributed by atoms with Crippen molar-refractivity contribution in [2.45, 2.75) is 26.9 Å². The van der Waals surface area contributed by atoms with Gasteiger partial charge in [0, 0.05) is 31.4 Å². The Kier molecular flexibility index (Phi) is 5.34. The highest BCUT2D eigenvalue weighted by molar-refractivity contribution is 5.54. The number of nitrogens with one attached hydrogen (secondary N) is 1. The minimum absolute atomic E-state index is 0.149. The molecule has 0 saturated carbocycles. The van der Waals surface area contributed by atoms with Crippen molar-refractivity contribution in [1.82, 2.24) is 5.32 Å². The molecule has 3 heteroatoms. The maximum Gasteiger partial charge on any atom is 0.129 e. The molecule has 0 aromatic heterocycles. The van der Waals surface area contributed by atoms with Gasteiger partial charge in [-0.3, -0.25) is 0 Å². The molecule has 0 spiro atoms. The molecule has 2 nitrogen and oxygen atoms in total. The van der Waals surface area contributed by atoms with Crippen LogP contribution >= 0.6 is 0 Å². The average Bonchev–Trinajstić information content (AvgIpc) is 2.45. The largest absolute Gasteiger partial charge is 0.370 e. The topological polar surface area (TPSA) is 15.3 Å². The van der Waals surface area contributed by atoms with Crippen LogP contribution in [0.5, 0.6) is 0 Å². The number of hydrogen-bond donors (Lipinski definition) is 1. The molecule has 0 aliphatic carbocycles. The smallest absolute Gasteiger partial charge is 0.129 e. The summed E-state index contributed by atoms with van der Waals surface area (Å²) < 4.78 is 14.1. The Hall–Kier alpha value is -1.87. The molecule has 0 fully saturated rings. The number of hydrogen-bond acceptors (Lipinski definition) is 2. The Balaban J connectivity index is 2.22. The molecular formula is C18H23FN2. The SMILES string of the molecule is CCNCc1c(F)cccc1N(C)Cc1cccc(C)c1. The van der Waals surface area contributed by atoms with Gasteiger partial charge in [0.25, 0.3) is 0 Å². The van der Waals surface area contributed by atoms with Crippen molar-refractivity contribution in [3.63, 3.8) is 0 Å². The van der Waals surface area contributed by atoms with E-state index in [4.69, 9.17) is 0 Å². The maximum atomic E-state index is 14.1. The molecule has 0 aliphatic rings. The van der Waals surface area contributed by atoms with Crippen LogP contribution < -0.4 is 10.2 Å². The van der Waals surface area contributed by atoms with E-state index in [1.807, 2.05) is 20.0 Å². The van der Waals surface area contributed by atoms with Crippen molar-refractivity contribution in [2.24, 2.45) is 0 Å². The second-order valence-corrected chi connectivity index (χ2v) is 5.36. The summed E-state index contributed by atoms with van der Waals surface area (Å²) in [6.45, 7) is 6.26. The standard InChI is InChI=1S/C18H23FN2/c1-4-20-12-16-17(19)9-6-10-18(16)21(3)13-15-8-5-7-14(2)11-15/h5-11,20H,4,12-13H2,1-3H3. The highest BCUT2D eigenvalue weighted by atomic mass is 19.1. The summed E-state index contributed by atoms with van der Waals surface area (Å²) in [6, 6.07) is 13.7. The van der Waals surface area contributed by atoms with E-state index in [1.165, 1.54) is 17.2 Å². The molecule has 0 aliphatic heterocycles. The zero-order chi connectivity index (χ0) is 15.2. The van der Waals surface area contributed by atoms with Crippen molar-refractivity contribution >= 4 is 5.69 Å². The molecular weight excluding hydrogens is 263 g/mol. The average molecular weight is 286 g/mol. The van der Waals surface area contributed by atoms with Crippen LogP contribution in [0.25, 0.3) is 0 Å². The first-order valence-electron chi connectivity index (χ1n) is 7.36. The van der Waals surface area contributed by atoms with E-state index in [2.05, 4.69) is 41.4 Å². The van der Waals surface area contributed by atoms with Gasteiger partial charge in [-0.2, -0.15) is 0 Å². The number of rotatable bonds is 6. The molecule has 0 radical (unpaired) electrons. The van der Waals surface area contributed by atoms with Gasteiger partial charge in [-0.1, -0.05) is 42.8 Å². The minimum atomic E-state index is -0.149. The predicted molar refractivity (Wildman–Crippen MR) is 87.1 cm³/mol. The molecule has 0 unspecified atom stereocenters. The molecule has 0 bridgehead atoms. The third-order valence-corrected chi connectivity index (χ3v) is 3.56. The lowest BCUT2D eigenvalue weighted by atomic mass is 10.1. The number of anilines is 1. The Morgan fingerprint density at radius 2 is 1.90 bits per heavy atom. The molecule has 21 heavy (non-hydrogen) atoms. The molecule has 0 heterocycles. The summed E-state index contributed by atoms with van der Waals surface area (Å²) in [5.41, 5.74) is 4.15. The lowest BCUT2D eigenvalue weighted by Gasteiger charge is -2.23. The number of nitrogens with zero attached hydrogens (tertiary/aromatic N) is 1. The number of aryl methyl sites for hydroxylation is 1. The van der Waals surface area contributed by atoms with Crippen LogP contribution in [0, 0.1) is 12.7 Å². The van der Waals surface area contributed by atoms with Crippen LogP contribution in [0.2, 0.25) is 0 Å². The predicted octanol–water partition coefficient (Wildman–Crippen LogP) is 3.88. The fourth-order valence-electron chi connectivity index (χ4n) is 2.50. The van der Waals surface area contributed by atoms with Crippen LogP contribution in [0.1, 0.15) is 23.6 Å². The van der Waals surface area contributed by atoms with Gasteiger partial charge in [-0.25, -0.2) is 4.39 Å². The van der Waals surface area contributed by atoms with Gasteiger partial charge in [0.1, 0.15) is 5.82 Å². The van der Waals surface area contributed by atoms with E-state index >= 15 is 0 Å². The van der Waals surface area contributed by atoms with Crippen molar-refractivity contribution < 1.29 is 4.39 Å². The minimum Gasteiger partial charge on any atom is -0.370 e. The van der Waals surface area contributed by atoms with Crippen LogP contribution in [-0.2, 0) is 13.1 Å². The quantitative estimate of drug-likeness (QED) is 0.867. The van der Waals surface area contributed by atoms with E-state index in [0.717, 1.165) is 24.3 Å². The Labute approximate surface area is 126 Å². The normalized spacial score (nSPS) is 10.7. The van der Waals surface area contributed by atoms with Gasteiger partial charge in [-0.05, 0) is 31.2 Å². The molecule has 1 N–H and O–H groups in total. The summed E-state index contributed by atoms with van der Waals surface area (Å²) in [4.78, 5) is 2.10. The highest BCUT2D eigenvalue weighted by Crippen LogP contribution is 2.24. The van der Waals surface area contributed by atoms with Crippen molar-refractivity contribution in [1.29, 1.82) is 0 Å². The first kappa shape index (κ1) is 15.5. The van der Waals surface area contributed by atoms with Crippen molar-refractivity contribution in [2.75, 3.05) is 18.5 Å². The molecule has 0 saturated heterocycles.